The molecular weight excluding hydrogens is 350 g/mol. The van der Waals surface area contributed by atoms with Crippen LogP contribution in [0.25, 0.3) is 0 Å². The van der Waals surface area contributed by atoms with E-state index in [-0.39, 0.29) is 11.7 Å². The van der Waals surface area contributed by atoms with Crippen molar-refractivity contribution in [2.75, 3.05) is 0 Å². The lowest BCUT2D eigenvalue weighted by atomic mass is 9.93. The average Bonchev–Trinajstić information content (AvgIpc) is 2.49. The summed E-state index contributed by atoms with van der Waals surface area (Å²) in [4.78, 5) is 12.2. The van der Waals surface area contributed by atoms with Crippen LogP contribution in [0.5, 0.6) is 0 Å². The number of carbonyl (C=O) groups excluding carboxylic acids is 1. The van der Waals surface area contributed by atoms with Crippen molar-refractivity contribution in [2.24, 2.45) is 0 Å². The second kappa shape index (κ2) is 7.40. The minimum atomic E-state index is -0.287. The van der Waals surface area contributed by atoms with Crippen LogP contribution >= 0.6 is 27.5 Å². The number of carbonyl (C=O) groups is 1. The number of rotatable bonds is 5. The van der Waals surface area contributed by atoms with Gasteiger partial charge in [0.05, 0.1) is 17.0 Å². The number of ketones is 1. The molecule has 1 unspecified atom stereocenters. The molecule has 0 radical (unpaired) electrons. The predicted molar refractivity (Wildman–Crippen MR) is 87.5 cm³/mol. The van der Waals surface area contributed by atoms with E-state index in [1.54, 1.807) is 24.3 Å². The third-order valence-electron chi connectivity index (χ3n) is 3.26. The van der Waals surface area contributed by atoms with Crippen molar-refractivity contribution in [3.8, 4) is 6.07 Å². The molecule has 0 N–H and O–H groups in total. The number of hydrogen-bond donors (Lipinski definition) is 0. The summed E-state index contributed by atoms with van der Waals surface area (Å²) in [6, 6.07) is 16.8. The zero-order valence-corrected chi connectivity index (χ0v) is 13.6. The Bertz CT molecular complexity index is 676. The van der Waals surface area contributed by atoms with Gasteiger partial charge in [-0.05, 0) is 36.2 Å². The lowest BCUT2D eigenvalue weighted by Crippen LogP contribution is -2.04. The maximum absolute atomic E-state index is 12.2. The zero-order valence-electron chi connectivity index (χ0n) is 11.2. The van der Waals surface area contributed by atoms with Gasteiger partial charge in [0.15, 0.2) is 5.78 Å². The Morgan fingerprint density at radius 3 is 2.48 bits per heavy atom. The van der Waals surface area contributed by atoms with E-state index in [2.05, 4.69) is 22.0 Å². The summed E-state index contributed by atoms with van der Waals surface area (Å²) in [5, 5.41) is 9.75. The fourth-order valence-electron chi connectivity index (χ4n) is 2.10. The van der Waals surface area contributed by atoms with E-state index in [4.69, 9.17) is 11.6 Å². The van der Waals surface area contributed by atoms with Gasteiger partial charge >= 0.3 is 0 Å². The van der Waals surface area contributed by atoms with Gasteiger partial charge in [0.2, 0.25) is 0 Å². The number of halogens is 2. The molecule has 2 aromatic rings. The lowest BCUT2D eigenvalue weighted by Gasteiger charge is -2.09. The van der Waals surface area contributed by atoms with Crippen LogP contribution in [0.4, 0.5) is 0 Å². The Morgan fingerprint density at radius 1 is 1.19 bits per heavy atom. The summed E-state index contributed by atoms with van der Waals surface area (Å²) in [6.45, 7) is 0. The third-order valence-corrected chi connectivity index (χ3v) is 4.12. The summed E-state index contributed by atoms with van der Waals surface area (Å²) in [7, 11) is 0. The standard InChI is InChI=1S/C17H13BrClNO/c18-14-8-5-12(6-9-14)13(11-20)7-10-17(21)15-3-1-2-4-16(15)19/h1-6,8-9,13H,7,10H2. The second-order valence-corrected chi connectivity index (χ2v) is 6.00. The number of nitrogens with zero attached hydrogens (tertiary/aromatic N) is 1. The molecule has 0 amide bonds. The largest absolute Gasteiger partial charge is 0.294 e. The van der Waals surface area contributed by atoms with E-state index >= 15 is 0 Å². The van der Waals surface area contributed by atoms with Crippen molar-refractivity contribution in [2.45, 2.75) is 18.8 Å². The predicted octanol–water partition coefficient (Wildman–Crippen LogP) is 5.37. The number of hydrogen-bond acceptors (Lipinski definition) is 2. The minimum absolute atomic E-state index is 0.0297. The fraction of sp³-hybridized carbons (Fsp3) is 0.176. The molecule has 0 aliphatic heterocycles. The molecule has 0 fully saturated rings. The summed E-state index contributed by atoms with van der Waals surface area (Å²) in [5.41, 5.74) is 1.44. The summed E-state index contributed by atoms with van der Waals surface area (Å²) in [6.07, 6.45) is 0.792. The van der Waals surface area contributed by atoms with Crippen molar-refractivity contribution in [1.29, 1.82) is 5.26 Å². The van der Waals surface area contributed by atoms with Gasteiger partial charge < -0.3 is 0 Å². The van der Waals surface area contributed by atoms with Crippen molar-refractivity contribution < 1.29 is 4.79 Å². The normalized spacial score (nSPS) is 11.7. The van der Waals surface area contributed by atoms with Crippen LogP contribution in [0.15, 0.2) is 53.0 Å². The Kier molecular flexibility index (Phi) is 5.55. The van der Waals surface area contributed by atoms with Crippen molar-refractivity contribution >= 4 is 33.3 Å². The smallest absolute Gasteiger partial charge is 0.164 e. The highest BCUT2D eigenvalue weighted by Crippen LogP contribution is 2.24. The molecular formula is C17H13BrClNO. The number of Topliss-reactive ketones (excluding diaryl/α,β-unsaturated/α-hetero) is 1. The summed E-state index contributed by atoms with van der Waals surface area (Å²) < 4.78 is 0.968. The van der Waals surface area contributed by atoms with E-state index in [1.165, 1.54) is 0 Å². The number of nitriles is 1. The fourth-order valence-corrected chi connectivity index (χ4v) is 2.60. The van der Waals surface area contributed by atoms with E-state index in [9.17, 15) is 10.1 Å². The first-order valence-corrected chi connectivity index (χ1v) is 7.71. The van der Waals surface area contributed by atoms with Crippen molar-refractivity contribution in [3.63, 3.8) is 0 Å². The molecule has 0 saturated carbocycles. The molecule has 106 valence electrons. The highest BCUT2D eigenvalue weighted by atomic mass is 79.9. The van der Waals surface area contributed by atoms with Crippen LogP contribution in [0, 0.1) is 11.3 Å². The van der Waals surface area contributed by atoms with Gasteiger partial charge in [0.1, 0.15) is 0 Å². The topological polar surface area (TPSA) is 40.9 Å². The first-order chi connectivity index (χ1) is 10.1. The van der Waals surface area contributed by atoms with Gasteiger partial charge in [-0.15, -0.1) is 0 Å². The van der Waals surface area contributed by atoms with Gasteiger partial charge in [-0.2, -0.15) is 5.26 Å². The van der Waals surface area contributed by atoms with Crippen LogP contribution in [-0.4, -0.2) is 5.78 Å². The molecule has 0 aromatic heterocycles. The van der Waals surface area contributed by atoms with Crippen molar-refractivity contribution in [1.82, 2.24) is 0 Å². The molecule has 2 aromatic carbocycles. The highest BCUT2D eigenvalue weighted by Gasteiger charge is 2.15. The second-order valence-electron chi connectivity index (χ2n) is 4.67. The minimum Gasteiger partial charge on any atom is -0.294 e. The maximum atomic E-state index is 12.2. The van der Waals surface area contributed by atoms with E-state index in [0.29, 0.717) is 23.4 Å². The molecule has 1 atom stereocenters. The maximum Gasteiger partial charge on any atom is 0.164 e. The first-order valence-electron chi connectivity index (χ1n) is 6.54. The molecule has 2 nitrogen and oxygen atoms in total. The SMILES string of the molecule is N#CC(CCC(=O)c1ccccc1Cl)c1ccc(Br)cc1. The van der Waals surface area contributed by atoms with Crippen LogP contribution < -0.4 is 0 Å². The lowest BCUT2D eigenvalue weighted by molar-refractivity contribution is 0.0979. The van der Waals surface area contributed by atoms with E-state index < -0.39 is 0 Å². The molecule has 4 heteroatoms. The van der Waals surface area contributed by atoms with Gasteiger partial charge in [-0.25, -0.2) is 0 Å². The molecule has 0 heterocycles. The van der Waals surface area contributed by atoms with E-state index in [1.807, 2.05) is 24.3 Å². The molecule has 0 saturated heterocycles. The summed E-state index contributed by atoms with van der Waals surface area (Å²) >= 11 is 9.38. The molecule has 2 rings (SSSR count). The molecule has 0 aliphatic rings. The quantitative estimate of drug-likeness (QED) is 0.671. The van der Waals surface area contributed by atoms with Gasteiger partial charge in [-0.1, -0.05) is 51.8 Å². The van der Waals surface area contributed by atoms with Crippen molar-refractivity contribution in [3.05, 3.63) is 69.2 Å². The molecule has 0 spiro atoms. The van der Waals surface area contributed by atoms with E-state index in [0.717, 1.165) is 10.0 Å². The van der Waals surface area contributed by atoms with Crippen LogP contribution in [0.2, 0.25) is 5.02 Å². The highest BCUT2D eigenvalue weighted by molar-refractivity contribution is 9.10. The monoisotopic (exact) mass is 361 g/mol. The Morgan fingerprint density at radius 2 is 1.86 bits per heavy atom. The zero-order chi connectivity index (χ0) is 15.2. The van der Waals surface area contributed by atoms with Gasteiger partial charge in [0.25, 0.3) is 0 Å². The van der Waals surface area contributed by atoms with Crippen LogP contribution in [0.1, 0.15) is 34.7 Å². The molecule has 0 aliphatic carbocycles. The molecule has 21 heavy (non-hydrogen) atoms. The Hall–Kier alpha value is -1.63. The van der Waals surface area contributed by atoms with Gasteiger partial charge in [-0.3, -0.25) is 4.79 Å². The van der Waals surface area contributed by atoms with Gasteiger partial charge in [0, 0.05) is 16.5 Å². The average molecular weight is 363 g/mol. The third kappa shape index (κ3) is 4.17. The number of benzene rings is 2. The molecule has 0 bridgehead atoms. The van der Waals surface area contributed by atoms with Crippen LogP contribution in [-0.2, 0) is 0 Å². The van der Waals surface area contributed by atoms with Crippen LogP contribution in [0.3, 0.4) is 0 Å². The first kappa shape index (κ1) is 15.8. The summed E-state index contributed by atoms with van der Waals surface area (Å²) in [5.74, 6) is -0.317. The Balaban J connectivity index is 2.04. The Labute approximate surface area is 137 Å².